The number of nitro groups is 2. The molecule has 10 heteroatoms. The molecule has 1 heterocycles. The molecule has 1 N–H and O–H groups in total. The molecule has 1 spiro atoms. The number of amides is 2. The van der Waals surface area contributed by atoms with Crippen LogP contribution in [0.2, 0.25) is 0 Å². The number of nitrogens with zero attached hydrogens (tertiary/aromatic N) is 3. The van der Waals surface area contributed by atoms with Crippen molar-refractivity contribution in [3.05, 3.63) is 50.6 Å². The Kier molecular flexibility index (Phi) is 2.89. The number of fused-ring (bicyclic) bond motifs is 3. The largest absolute Gasteiger partial charge is 0.301 e. The van der Waals surface area contributed by atoms with Crippen molar-refractivity contribution in [3.63, 3.8) is 0 Å². The van der Waals surface area contributed by atoms with Crippen molar-refractivity contribution in [3.8, 4) is 0 Å². The standard InChI is InChI=1S/C17H14N4O6/c22-15-13-9-2-3-10(17(9)5-6-17)14(13)16(23)19(18-15)11-4-1-8(20(24)25)7-12(11)21(26)27/h1-4,7,9-10,13-14H,5-6H2,(H,18,22)/t9-,10+,13-,14-/m0/s1. The molecule has 4 atom stereocenters. The van der Waals surface area contributed by atoms with Crippen molar-refractivity contribution in [2.45, 2.75) is 12.8 Å². The number of hydrazine groups is 1. The maximum absolute atomic E-state index is 13.2. The van der Waals surface area contributed by atoms with Crippen molar-refractivity contribution in [2.75, 3.05) is 5.01 Å². The minimum Gasteiger partial charge on any atom is -0.273 e. The third-order valence-electron chi connectivity index (χ3n) is 6.48. The van der Waals surface area contributed by atoms with E-state index in [9.17, 15) is 29.8 Å². The van der Waals surface area contributed by atoms with Crippen molar-refractivity contribution in [2.24, 2.45) is 29.1 Å². The van der Waals surface area contributed by atoms with Crippen LogP contribution in [0, 0.1) is 49.3 Å². The lowest BCUT2D eigenvalue weighted by molar-refractivity contribution is -0.393. The van der Waals surface area contributed by atoms with E-state index in [4.69, 9.17) is 0 Å². The fourth-order valence-corrected chi connectivity index (χ4v) is 5.22. The molecule has 2 amide bonds. The molecule has 138 valence electrons. The molecule has 27 heavy (non-hydrogen) atoms. The molecule has 2 bridgehead atoms. The molecule has 3 fully saturated rings. The molecule has 2 saturated carbocycles. The van der Waals surface area contributed by atoms with Gasteiger partial charge >= 0.3 is 5.69 Å². The number of carbonyl (C=O) groups is 2. The highest BCUT2D eigenvalue weighted by Gasteiger charge is 2.71. The highest BCUT2D eigenvalue weighted by molar-refractivity contribution is 6.06. The summed E-state index contributed by atoms with van der Waals surface area (Å²) in [5, 5.41) is 23.2. The number of non-ortho nitro benzene ring substituents is 1. The van der Waals surface area contributed by atoms with Gasteiger partial charge in [-0.3, -0.25) is 35.2 Å². The van der Waals surface area contributed by atoms with Gasteiger partial charge in [0.2, 0.25) is 5.91 Å². The van der Waals surface area contributed by atoms with Gasteiger partial charge in [0.05, 0.1) is 27.7 Å². The Labute approximate surface area is 152 Å². The number of benzene rings is 1. The lowest BCUT2D eigenvalue weighted by Gasteiger charge is -2.37. The maximum atomic E-state index is 13.2. The van der Waals surface area contributed by atoms with E-state index in [1.54, 1.807) is 0 Å². The second-order valence-electron chi connectivity index (χ2n) is 7.56. The normalized spacial score (nSPS) is 31.8. The first kappa shape index (κ1) is 15.9. The molecular weight excluding hydrogens is 356 g/mol. The summed E-state index contributed by atoms with van der Waals surface area (Å²) in [7, 11) is 0. The third kappa shape index (κ3) is 1.89. The summed E-state index contributed by atoms with van der Waals surface area (Å²) in [6.45, 7) is 0. The Morgan fingerprint density at radius 1 is 1.04 bits per heavy atom. The van der Waals surface area contributed by atoms with Gasteiger partial charge in [-0.05, 0) is 36.2 Å². The molecule has 1 aromatic carbocycles. The van der Waals surface area contributed by atoms with Crippen LogP contribution in [0.3, 0.4) is 0 Å². The third-order valence-corrected chi connectivity index (χ3v) is 6.48. The van der Waals surface area contributed by atoms with Crippen LogP contribution in [-0.4, -0.2) is 21.7 Å². The Morgan fingerprint density at radius 2 is 1.70 bits per heavy atom. The molecule has 0 unspecified atom stereocenters. The number of carbonyl (C=O) groups excluding carboxylic acids is 2. The fraction of sp³-hybridized carbons (Fsp3) is 0.412. The van der Waals surface area contributed by atoms with Gasteiger partial charge in [0.25, 0.3) is 11.6 Å². The van der Waals surface area contributed by atoms with E-state index in [1.807, 2.05) is 12.2 Å². The maximum Gasteiger partial charge on any atom is 0.301 e. The molecular formula is C17H14N4O6. The van der Waals surface area contributed by atoms with E-state index in [0.29, 0.717) is 0 Å². The lowest BCUT2D eigenvalue weighted by atomic mass is 9.80. The molecule has 10 nitrogen and oxygen atoms in total. The minimum absolute atomic E-state index is 0.0141. The lowest BCUT2D eigenvalue weighted by Crippen LogP contribution is -2.60. The summed E-state index contributed by atoms with van der Waals surface area (Å²) in [5.74, 6) is -1.75. The summed E-state index contributed by atoms with van der Waals surface area (Å²) < 4.78 is 0. The summed E-state index contributed by atoms with van der Waals surface area (Å²) in [6.07, 6.45) is 5.97. The predicted molar refractivity (Wildman–Crippen MR) is 90.1 cm³/mol. The smallest absolute Gasteiger partial charge is 0.273 e. The number of hydrogen-bond acceptors (Lipinski definition) is 6. The first-order valence-electron chi connectivity index (χ1n) is 8.61. The first-order chi connectivity index (χ1) is 12.8. The highest BCUT2D eigenvalue weighted by Crippen LogP contribution is 2.72. The SMILES string of the molecule is O=C1NN(c2ccc([N+](=O)[O-])cc2[N+](=O)[O-])C(=O)[C@@H]2[C@@H]1[C@@H]1C=C[C@H]2C12CC2. The number of rotatable bonds is 3. The quantitative estimate of drug-likeness (QED) is 0.489. The van der Waals surface area contributed by atoms with E-state index in [0.717, 1.165) is 36.0 Å². The molecule has 5 rings (SSSR count). The molecule has 1 aromatic rings. The van der Waals surface area contributed by atoms with Crippen LogP contribution in [0.4, 0.5) is 17.1 Å². The van der Waals surface area contributed by atoms with Crippen LogP contribution in [0.1, 0.15) is 12.8 Å². The van der Waals surface area contributed by atoms with Gasteiger partial charge in [0, 0.05) is 6.07 Å². The van der Waals surface area contributed by atoms with Crippen LogP contribution in [0.15, 0.2) is 30.4 Å². The van der Waals surface area contributed by atoms with Crippen molar-refractivity contribution in [1.82, 2.24) is 5.43 Å². The van der Waals surface area contributed by atoms with Gasteiger partial charge in [-0.2, -0.15) is 0 Å². The van der Waals surface area contributed by atoms with E-state index >= 15 is 0 Å². The Hall–Kier alpha value is -3.30. The fourth-order valence-electron chi connectivity index (χ4n) is 5.22. The van der Waals surface area contributed by atoms with E-state index in [1.165, 1.54) is 0 Å². The van der Waals surface area contributed by atoms with Crippen molar-refractivity contribution in [1.29, 1.82) is 0 Å². The van der Waals surface area contributed by atoms with Gasteiger partial charge < -0.3 is 0 Å². The van der Waals surface area contributed by atoms with Crippen LogP contribution >= 0.6 is 0 Å². The first-order valence-corrected chi connectivity index (χ1v) is 8.61. The Balaban J connectivity index is 1.57. The summed E-state index contributed by atoms with van der Waals surface area (Å²) in [6, 6.07) is 3.01. The van der Waals surface area contributed by atoms with Crippen LogP contribution < -0.4 is 10.4 Å². The average molecular weight is 370 g/mol. The predicted octanol–water partition coefficient (Wildman–Crippen LogP) is 1.71. The molecule has 3 aliphatic carbocycles. The molecule has 0 radical (unpaired) electrons. The highest BCUT2D eigenvalue weighted by atomic mass is 16.6. The van der Waals surface area contributed by atoms with E-state index in [-0.39, 0.29) is 28.8 Å². The van der Waals surface area contributed by atoms with E-state index < -0.39 is 39.0 Å². The topological polar surface area (TPSA) is 136 Å². The van der Waals surface area contributed by atoms with Gasteiger partial charge in [0.15, 0.2) is 0 Å². The van der Waals surface area contributed by atoms with E-state index in [2.05, 4.69) is 5.43 Å². The van der Waals surface area contributed by atoms with Gasteiger partial charge in [-0.1, -0.05) is 12.2 Å². The molecule has 4 aliphatic rings. The summed E-state index contributed by atoms with van der Waals surface area (Å²) in [4.78, 5) is 46.7. The van der Waals surface area contributed by atoms with Crippen molar-refractivity contribution >= 4 is 28.9 Å². The number of nitrogens with one attached hydrogen (secondary N) is 1. The number of hydrogen-bond donors (Lipinski definition) is 1. The summed E-state index contributed by atoms with van der Waals surface area (Å²) in [5.41, 5.74) is 1.24. The molecule has 0 aromatic heterocycles. The zero-order valence-corrected chi connectivity index (χ0v) is 13.9. The minimum atomic E-state index is -0.795. The average Bonchev–Trinajstić information content (AvgIpc) is 3.30. The zero-order chi connectivity index (χ0) is 19.1. The Bertz CT molecular complexity index is 968. The zero-order valence-electron chi connectivity index (χ0n) is 13.9. The van der Waals surface area contributed by atoms with Crippen LogP contribution in [-0.2, 0) is 9.59 Å². The van der Waals surface area contributed by atoms with Gasteiger partial charge in [-0.25, -0.2) is 5.01 Å². The number of allylic oxidation sites excluding steroid dienone is 2. The van der Waals surface area contributed by atoms with Crippen molar-refractivity contribution < 1.29 is 19.4 Å². The van der Waals surface area contributed by atoms with Crippen LogP contribution in [0.25, 0.3) is 0 Å². The molecule has 1 saturated heterocycles. The summed E-state index contributed by atoms with van der Waals surface area (Å²) >= 11 is 0. The number of anilines is 1. The van der Waals surface area contributed by atoms with Gasteiger partial charge in [-0.15, -0.1) is 0 Å². The van der Waals surface area contributed by atoms with Crippen LogP contribution in [0.5, 0.6) is 0 Å². The Morgan fingerprint density at radius 3 is 2.30 bits per heavy atom. The monoisotopic (exact) mass is 370 g/mol. The second kappa shape index (κ2) is 4.90. The molecule has 1 aliphatic heterocycles. The van der Waals surface area contributed by atoms with Gasteiger partial charge in [0.1, 0.15) is 5.69 Å². The number of nitro benzene ring substituents is 2. The second-order valence-corrected chi connectivity index (χ2v) is 7.56.